The molecule has 8 heteroatoms. The van der Waals surface area contributed by atoms with Crippen molar-refractivity contribution in [2.45, 2.75) is 13.8 Å². The van der Waals surface area contributed by atoms with Crippen LogP contribution in [0.2, 0.25) is 10.0 Å². The van der Waals surface area contributed by atoms with Gasteiger partial charge in [-0.1, -0.05) is 35.3 Å². The van der Waals surface area contributed by atoms with E-state index >= 15 is 0 Å². The molecule has 0 aliphatic carbocycles. The van der Waals surface area contributed by atoms with Gasteiger partial charge in [0.25, 0.3) is 5.91 Å². The number of nitrogens with zero attached hydrogens (tertiary/aromatic N) is 1. The highest BCUT2D eigenvalue weighted by atomic mass is 35.5. The second-order valence-electron chi connectivity index (χ2n) is 7.01. The predicted molar refractivity (Wildman–Crippen MR) is 129 cm³/mol. The molecule has 0 saturated carbocycles. The van der Waals surface area contributed by atoms with Gasteiger partial charge in [0.15, 0.2) is 10.7 Å². The average Bonchev–Trinajstić information content (AvgIpc) is 3.12. The molecule has 3 aromatic carbocycles. The molecular weight excluding hydrogens is 453 g/mol. The van der Waals surface area contributed by atoms with Crippen LogP contribution < -0.4 is 10.6 Å². The van der Waals surface area contributed by atoms with E-state index in [4.69, 9.17) is 39.8 Å². The zero-order valence-electron chi connectivity index (χ0n) is 16.6. The number of rotatable bonds is 3. The molecule has 1 heterocycles. The lowest BCUT2D eigenvalue weighted by Gasteiger charge is -2.11. The Bertz CT molecular complexity index is 1290. The summed E-state index contributed by atoms with van der Waals surface area (Å²) in [6, 6.07) is 15.9. The van der Waals surface area contributed by atoms with Crippen molar-refractivity contribution in [3.8, 4) is 11.5 Å². The number of amides is 1. The lowest BCUT2D eigenvalue weighted by Crippen LogP contribution is -2.34. The van der Waals surface area contributed by atoms with Crippen LogP contribution in [0.1, 0.15) is 21.5 Å². The van der Waals surface area contributed by atoms with E-state index in [9.17, 15) is 4.79 Å². The first-order valence-electron chi connectivity index (χ1n) is 9.36. The molecule has 5 nitrogen and oxygen atoms in total. The van der Waals surface area contributed by atoms with E-state index < -0.39 is 5.91 Å². The highest BCUT2D eigenvalue weighted by Crippen LogP contribution is 2.33. The fraction of sp³-hybridized carbons (Fsp3) is 0.0870. The topological polar surface area (TPSA) is 67.2 Å². The number of anilines is 1. The SMILES string of the molecule is Cc1cc2nc(-c3cc(NC(=S)NC(=O)c4ccccc4Cl)ccc3Cl)oc2cc1C. The Morgan fingerprint density at radius 2 is 1.74 bits per heavy atom. The van der Waals surface area contributed by atoms with E-state index in [-0.39, 0.29) is 5.11 Å². The average molecular weight is 470 g/mol. The van der Waals surface area contributed by atoms with Crippen LogP contribution in [-0.4, -0.2) is 16.0 Å². The molecule has 0 unspecified atom stereocenters. The minimum Gasteiger partial charge on any atom is -0.436 e. The summed E-state index contributed by atoms with van der Waals surface area (Å²) in [5.41, 5.74) is 5.27. The monoisotopic (exact) mass is 469 g/mol. The van der Waals surface area contributed by atoms with Crippen LogP contribution in [0, 0.1) is 13.8 Å². The molecule has 0 aliphatic heterocycles. The molecular formula is C23H17Cl2N3O2S. The molecule has 0 bridgehead atoms. The molecule has 0 aliphatic rings. The lowest BCUT2D eigenvalue weighted by atomic mass is 10.1. The van der Waals surface area contributed by atoms with Crippen LogP contribution in [0.5, 0.6) is 0 Å². The molecule has 0 spiro atoms. The number of nitrogens with one attached hydrogen (secondary N) is 2. The maximum absolute atomic E-state index is 12.4. The van der Waals surface area contributed by atoms with Crippen molar-refractivity contribution in [1.82, 2.24) is 10.3 Å². The van der Waals surface area contributed by atoms with Crippen molar-refractivity contribution in [3.63, 3.8) is 0 Å². The molecule has 1 aromatic heterocycles. The van der Waals surface area contributed by atoms with E-state index in [2.05, 4.69) is 15.6 Å². The number of carbonyl (C=O) groups is 1. The van der Waals surface area contributed by atoms with Crippen molar-refractivity contribution < 1.29 is 9.21 Å². The molecule has 2 N–H and O–H groups in total. The van der Waals surface area contributed by atoms with Gasteiger partial charge < -0.3 is 9.73 Å². The smallest absolute Gasteiger partial charge is 0.258 e. The normalized spacial score (nSPS) is 10.8. The lowest BCUT2D eigenvalue weighted by molar-refractivity contribution is 0.0978. The number of aromatic nitrogens is 1. The summed E-state index contributed by atoms with van der Waals surface area (Å²) in [7, 11) is 0. The molecule has 0 radical (unpaired) electrons. The number of halogens is 2. The van der Waals surface area contributed by atoms with Gasteiger partial charge in [-0.25, -0.2) is 4.98 Å². The standard InChI is InChI=1S/C23H17Cl2N3O2S/c1-12-9-19-20(10-13(12)2)30-22(27-19)16-11-14(7-8-18(16)25)26-23(31)28-21(29)15-5-3-4-6-17(15)24/h3-11H,1-2H3,(H2,26,28,29,31). The number of hydrogen-bond acceptors (Lipinski definition) is 4. The van der Waals surface area contributed by atoms with Crippen LogP contribution in [0.3, 0.4) is 0 Å². The number of oxazole rings is 1. The Kier molecular flexibility index (Phi) is 5.96. The second kappa shape index (κ2) is 8.67. The molecule has 31 heavy (non-hydrogen) atoms. The molecule has 4 rings (SSSR count). The minimum atomic E-state index is -0.401. The zero-order chi connectivity index (χ0) is 22.1. The van der Waals surface area contributed by atoms with Crippen LogP contribution in [-0.2, 0) is 0 Å². The number of carbonyl (C=O) groups excluding carboxylic acids is 1. The van der Waals surface area contributed by atoms with Crippen LogP contribution in [0.15, 0.2) is 59.0 Å². The van der Waals surface area contributed by atoms with Crippen LogP contribution in [0.25, 0.3) is 22.6 Å². The van der Waals surface area contributed by atoms with Gasteiger partial charge in [-0.2, -0.15) is 0 Å². The van der Waals surface area contributed by atoms with Crippen molar-refractivity contribution in [2.24, 2.45) is 0 Å². The zero-order valence-corrected chi connectivity index (χ0v) is 19.0. The molecule has 0 atom stereocenters. The van der Waals surface area contributed by atoms with Crippen LogP contribution in [0.4, 0.5) is 5.69 Å². The Morgan fingerprint density at radius 3 is 2.52 bits per heavy atom. The van der Waals surface area contributed by atoms with E-state index in [1.54, 1.807) is 42.5 Å². The van der Waals surface area contributed by atoms with Gasteiger partial charge in [0.2, 0.25) is 5.89 Å². The number of aryl methyl sites for hydroxylation is 2. The fourth-order valence-corrected chi connectivity index (χ4v) is 3.67. The Balaban J connectivity index is 1.56. The van der Waals surface area contributed by atoms with Gasteiger partial charge in [-0.3, -0.25) is 10.1 Å². The van der Waals surface area contributed by atoms with Crippen molar-refractivity contribution in [2.75, 3.05) is 5.32 Å². The Labute approximate surface area is 194 Å². The van der Waals surface area contributed by atoms with Gasteiger partial charge in [-0.05, 0) is 79.7 Å². The van der Waals surface area contributed by atoms with Crippen LogP contribution >= 0.6 is 35.4 Å². The van der Waals surface area contributed by atoms with Crippen molar-refractivity contribution in [1.29, 1.82) is 0 Å². The number of benzene rings is 3. The quantitative estimate of drug-likeness (QED) is 0.333. The first kappa shape index (κ1) is 21.3. The van der Waals surface area contributed by atoms with Gasteiger partial charge in [0.05, 0.1) is 21.2 Å². The summed E-state index contributed by atoms with van der Waals surface area (Å²) < 4.78 is 5.93. The fourth-order valence-electron chi connectivity index (χ4n) is 3.04. The predicted octanol–water partition coefficient (Wildman–Crippen LogP) is 6.55. The molecule has 4 aromatic rings. The summed E-state index contributed by atoms with van der Waals surface area (Å²) >= 11 is 17.7. The third-order valence-electron chi connectivity index (χ3n) is 4.80. The second-order valence-corrected chi connectivity index (χ2v) is 8.23. The van der Waals surface area contributed by atoms with E-state index in [1.807, 2.05) is 26.0 Å². The first-order chi connectivity index (χ1) is 14.8. The maximum Gasteiger partial charge on any atom is 0.258 e. The first-order valence-corrected chi connectivity index (χ1v) is 10.5. The van der Waals surface area contributed by atoms with E-state index in [0.717, 1.165) is 16.6 Å². The van der Waals surface area contributed by atoms with Gasteiger partial charge in [0.1, 0.15) is 5.52 Å². The molecule has 1 amide bonds. The van der Waals surface area contributed by atoms with Crippen molar-refractivity contribution >= 4 is 63.2 Å². The minimum absolute atomic E-state index is 0.127. The summed E-state index contributed by atoms with van der Waals surface area (Å²) in [6.45, 7) is 4.05. The van der Waals surface area contributed by atoms with Gasteiger partial charge in [-0.15, -0.1) is 0 Å². The summed E-state index contributed by atoms with van der Waals surface area (Å²) in [4.78, 5) is 17.0. The summed E-state index contributed by atoms with van der Waals surface area (Å²) in [5, 5.41) is 6.55. The highest BCUT2D eigenvalue weighted by Gasteiger charge is 2.15. The number of fused-ring (bicyclic) bond motifs is 1. The number of hydrogen-bond donors (Lipinski definition) is 2. The third-order valence-corrected chi connectivity index (χ3v) is 5.67. The largest absolute Gasteiger partial charge is 0.436 e. The molecule has 0 saturated heterocycles. The highest BCUT2D eigenvalue weighted by molar-refractivity contribution is 7.80. The third kappa shape index (κ3) is 4.56. The van der Waals surface area contributed by atoms with E-state index in [1.165, 1.54) is 0 Å². The molecule has 156 valence electrons. The Hall–Kier alpha value is -2.93. The van der Waals surface area contributed by atoms with E-state index in [0.29, 0.717) is 38.3 Å². The van der Waals surface area contributed by atoms with Crippen molar-refractivity contribution in [3.05, 3.63) is 81.3 Å². The summed E-state index contributed by atoms with van der Waals surface area (Å²) in [6.07, 6.45) is 0. The number of thiocarbonyl (C=S) groups is 1. The maximum atomic E-state index is 12.4. The van der Waals surface area contributed by atoms with Gasteiger partial charge >= 0.3 is 0 Å². The Morgan fingerprint density at radius 1 is 1.00 bits per heavy atom. The van der Waals surface area contributed by atoms with Gasteiger partial charge in [0, 0.05) is 5.69 Å². The molecule has 0 fully saturated rings. The summed E-state index contributed by atoms with van der Waals surface area (Å²) in [5.74, 6) is 0.00153.